The molecule has 0 bridgehead atoms. The van der Waals surface area contributed by atoms with Crippen LogP contribution in [-0.4, -0.2) is 22.5 Å². The van der Waals surface area contributed by atoms with E-state index in [9.17, 15) is 9.18 Å². The zero-order valence-electron chi connectivity index (χ0n) is 10.4. The first-order valence-electron chi connectivity index (χ1n) is 5.75. The van der Waals surface area contributed by atoms with Gasteiger partial charge in [0.25, 0.3) is 0 Å². The van der Waals surface area contributed by atoms with Crippen LogP contribution in [0, 0.1) is 5.82 Å². The Kier molecular flexibility index (Phi) is 3.70. The SMILES string of the molecule is CCN(C(N)=O)c1cc(-c2cncc(F)c2)ccn1. The van der Waals surface area contributed by atoms with Gasteiger partial charge in [0, 0.05) is 24.5 Å². The molecular weight excluding hydrogens is 247 g/mol. The van der Waals surface area contributed by atoms with Crippen molar-refractivity contribution in [3.63, 3.8) is 0 Å². The van der Waals surface area contributed by atoms with Crippen LogP contribution >= 0.6 is 0 Å². The second-order valence-corrected chi connectivity index (χ2v) is 3.88. The van der Waals surface area contributed by atoms with Gasteiger partial charge in [-0.15, -0.1) is 0 Å². The summed E-state index contributed by atoms with van der Waals surface area (Å²) in [7, 11) is 0. The zero-order valence-corrected chi connectivity index (χ0v) is 10.4. The summed E-state index contributed by atoms with van der Waals surface area (Å²) in [6.45, 7) is 2.20. The number of rotatable bonds is 3. The Morgan fingerprint density at radius 3 is 2.79 bits per heavy atom. The lowest BCUT2D eigenvalue weighted by atomic mass is 10.1. The molecule has 6 heteroatoms. The first-order valence-corrected chi connectivity index (χ1v) is 5.75. The third-order valence-electron chi connectivity index (χ3n) is 2.64. The molecule has 0 radical (unpaired) electrons. The fourth-order valence-corrected chi connectivity index (χ4v) is 1.75. The molecule has 2 aromatic rings. The van der Waals surface area contributed by atoms with Gasteiger partial charge in [-0.2, -0.15) is 0 Å². The minimum Gasteiger partial charge on any atom is -0.351 e. The van der Waals surface area contributed by atoms with Crippen LogP contribution in [0.2, 0.25) is 0 Å². The number of amides is 2. The second kappa shape index (κ2) is 5.43. The molecule has 0 aliphatic heterocycles. The van der Waals surface area contributed by atoms with E-state index in [0.717, 1.165) is 11.8 Å². The summed E-state index contributed by atoms with van der Waals surface area (Å²) in [5.74, 6) is 0.00914. The maximum absolute atomic E-state index is 13.1. The normalized spacial score (nSPS) is 10.2. The molecule has 0 aromatic carbocycles. The number of urea groups is 1. The van der Waals surface area contributed by atoms with Crippen LogP contribution in [0.3, 0.4) is 0 Å². The number of pyridine rings is 2. The van der Waals surface area contributed by atoms with E-state index in [1.165, 1.54) is 11.0 Å². The highest BCUT2D eigenvalue weighted by Gasteiger charge is 2.12. The number of aromatic nitrogens is 2. The molecule has 5 nitrogen and oxygen atoms in total. The van der Waals surface area contributed by atoms with E-state index < -0.39 is 11.8 Å². The molecule has 0 unspecified atom stereocenters. The van der Waals surface area contributed by atoms with Crippen molar-refractivity contribution in [1.29, 1.82) is 0 Å². The predicted molar refractivity (Wildman–Crippen MR) is 70.0 cm³/mol. The van der Waals surface area contributed by atoms with E-state index in [0.29, 0.717) is 17.9 Å². The van der Waals surface area contributed by atoms with E-state index in [1.54, 1.807) is 31.5 Å². The summed E-state index contributed by atoms with van der Waals surface area (Å²) in [6.07, 6.45) is 4.22. The third kappa shape index (κ3) is 2.85. The molecule has 2 heterocycles. The molecule has 2 aromatic heterocycles. The number of halogens is 1. The fourth-order valence-electron chi connectivity index (χ4n) is 1.75. The Morgan fingerprint density at radius 2 is 2.16 bits per heavy atom. The molecule has 2 amide bonds. The van der Waals surface area contributed by atoms with Gasteiger partial charge in [-0.1, -0.05) is 0 Å². The number of hydrogen-bond donors (Lipinski definition) is 1. The van der Waals surface area contributed by atoms with Gasteiger partial charge in [0.05, 0.1) is 6.20 Å². The summed E-state index contributed by atoms with van der Waals surface area (Å²) in [4.78, 5) is 20.5. The number of anilines is 1. The van der Waals surface area contributed by atoms with Gasteiger partial charge in [-0.25, -0.2) is 14.2 Å². The van der Waals surface area contributed by atoms with Crippen molar-refractivity contribution in [1.82, 2.24) is 9.97 Å². The molecule has 0 spiro atoms. The van der Waals surface area contributed by atoms with Gasteiger partial charge in [-0.3, -0.25) is 9.88 Å². The Labute approximate surface area is 109 Å². The van der Waals surface area contributed by atoms with E-state index in [2.05, 4.69) is 9.97 Å². The van der Waals surface area contributed by atoms with E-state index in [4.69, 9.17) is 5.73 Å². The van der Waals surface area contributed by atoms with Gasteiger partial charge < -0.3 is 5.73 Å². The molecule has 0 aliphatic carbocycles. The first-order chi connectivity index (χ1) is 9.11. The molecule has 19 heavy (non-hydrogen) atoms. The van der Waals surface area contributed by atoms with Crippen LogP contribution in [0.1, 0.15) is 6.92 Å². The zero-order chi connectivity index (χ0) is 13.8. The van der Waals surface area contributed by atoms with Crippen molar-refractivity contribution in [3.8, 4) is 11.1 Å². The van der Waals surface area contributed by atoms with Crippen molar-refractivity contribution in [2.45, 2.75) is 6.92 Å². The topological polar surface area (TPSA) is 72.1 Å². The largest absolute Gasteiger partial charge is 0.351 e. The number of primary amides is 1. The fraction of sp³-hybridized carbons (Fsp3) is 0.154. The highest BCUT2D eigenvalue weighted by atomic mass is 19.1. The number of nitrogens with zero attached hydrogens (tertiary/aromatic N) is 3. The van der Waals surface area contributed by atoms with Crippen LogP contribution in [-0.2, 0) is 0 Å². The summed E-state index contributed by atoms with van der Waals surface area (Å²) >= 11 is 0. The van der Waals surface area contributed by atoms with Gasteiger partial charge in [0.15, 0.2) is 0 Å². The second-order valence-electron chi connectivity index (χ2n) is 3.88. The number of carbonyl (C=O) groups excluding carboxylic acids is 1. The standard InChI is InChI=1S/C13H13FN4O/c1-2-18(13(15)19)12-6-9(3-4-17-12)10-5-11(14)8-16-7-10/h3-8H,2H2,1H3,(H2,15,19). The lowest BCUT2D eigenvalue weighted by Gasteiger charge is -2.17. The van der Waals surface area contributed by atoms with Crippen molar-refractivity contribution < 1.29 is 9.18 Å². The van der Waals surface area contributed by atoms with Gasteiger partial charge in [0.2, 0.25) is 0 Å². The number of nitrogens with two attached hydrogens (primary N) is 1. The molecule has 0 aliphatic rings. The summed E-state index contributed by atoms with van der Waals surface area (Å²) in [6, 6.07) is 4.18. The molecule has 2 rings (SSSR count). The minimum atomic E-state index is -0.579. The lowest BCUT2D eigenvalue weighted by molar-refractivity contribution is 0.254. The summed E-state index contributed by atoms with van der Waals surface area (Å²) in [5, 5.41) is 0. The Hall–Kier alpha value is -2.50. The summed E-state index contributed by atoms with van der Waals surface area (Å²) < 4.78 is 13.1. The predicted octanol–water partition coefficient (Wildman–Crippen LogP) is 2.19. The lowest BCUT2D eigenvalue weighted by Crippen LogP contribution is -2.36. The van der Waals surface area contributed by atoms with E-state index in [1.807, 2.05) is 0 Å². The van der Waals surface area contributed by atoms with Gasteiger partial charge in [-0.05, 0) is 30.7 Å². The molecular formula is C13H13FN4O. The molecule has 0 fully saturated rings. The maximum atomic E-state index is 13.1. The van der Waals surface area contributed by atoms with Gasteiger partial charge in [0.1, 0.15) is 11.6 Å². The van der Waals surface area contributed by atoms with Crippen LogP contribution in [0.4, 0.5) is 15.0 Å². The summed E-state index contributed by atoms with van der Waals surface area (Å²) in [5.41, 5.74) is 6.60. The average molecular weight is 260 g/mol. The molecule has 0 saturated heterocycles. The van der Waals surface area contributed by atoms with Crippen LogP contribution in [0.15, 0.2) is 36.8 Å². The Balaban J connectivity index is 2.42. The van der Waals surface area contributed by atoms with Crippen LogP contribution in [0.25, 0.3) is 11.1 Å². The molecule has 0 saturated carbocycles. The van der Waals surface area contributed by atoms with Crippen molar-refractivity contribution in [3.05, 3.63) is 42.6 Å². The number of hydrogen-bond acceptors (Lipinski definition) is 3. The quantitative estimate of drug-likeness (QED) is 0.919. The monoisotopic (exact) mass is 260 g/mol. The molecule has 0 atom stereocenters. The van der Waals surface area contributed by atoms with Crippen molar-refractivity contribution in [2.75, 3.05) is 11.4 Å². The Bertz CT molecular complexity index is 603. The van der Waals surface area contributed by atoms with Crippen LogP contribution < -0.4 is 10.6 Å². The molecule has 98 valence electrons. The van der Waals surface area contributed by atoms with Crippen molar-refractivity contribution >= 4 is 11.8 Å². The maximum Gasteiger partial charge on any atom is 0.320 e. The highest BCUT2D eigenvalue weighted by molar-refractivity contribution is 5.90. The minimum absolute atomic E-state index is 0.410. The van der Waals surface area contributed by atoms with Gasteiger partial charge >= 0.3 is 6.03 Å². The smallest absolute Gasteiger partial charge is 0.320 e. The van der Waals surface area contributed by atoms with Crippen molar-refractivity contribution in [2.24, 2.45) is 5.73 Å². The first kappa shape index (κ1) is 12.9. The number of carbonyl (C=O) groups is 1. The van der Waals surface area contributed by atoms with E-state index >= 15 is 0 Å². The van der Waals surface area contributed by atoms with Crippen LogP contribution in [0.5, 0.6) is 0 Å². The third-order valence-corrected chi connectivity index (χ3v) is 2.64. The van der Waals surface area contributed by atoms with E-state index in [-0.39, 0.29) is 0 Å². The highest BCUT2D eigenvalue weighted by Crippen LogP contribution is 2.22. The molecule has 2 N–H and O–H groups in total. The average Bonchev–Trinajstić information content (AvgIpc) is 2.39. The Morgan fingerprint density at radius 1 is 1.37 bits per heavy atom.